The first-order valence-corrected chi connectivity index (χ1v) is 20.5. The number of amides is 1. The zero-order chi connectivity index (χ0) is 40.6. The molecule has 5 atom stereocenters. The summed E-state index contributed by atoms with van der Waals surface area (Å²) in [6.07, 6.45) is 2.73. The number of carbonyl (C=O) groups is 1. The van der Waals surface area contributed by atoms with Gasteiger partial charge in [-0.3, -0.25) is 4.90 Å². The third kappa shape index (κ3) is 6.07. The lowest BCUT2D eigenvalue weighted by Crippen LogP contribution is -2.49. The number of nitrogen functional groups attached to an aromatic ring is 1. The molecule has 3 fully saturated rings. The van der Waals surface area contributed by atoms with Crippen molar-refractivity contribution in [2.45, 2.75) is 95.6 Å². The molecule has 9 rings (SSSR count). The Morgan fingerprint density at radius 2 is 2.00 bits per heavy atom. The third-order valence-corrected chi connectivity index (χ3v) is 13.4. The molecule has 13 nitrogen and oxygen atoms in total. The Hall–Kier alpha value is -5.28. The highest BCUT2D eigenvalue weighted by Gasteiger charge is 2.50. The number of carbonyl (C=O) groups excluding carboxylic acids is 1. The van der Waals surface area contributed by atoms with Crippen LogP contribution in [0.1, 0.15) is 70.4 Å². The van der Waals surface area contributed by atoms with Crippen LogP contribution in [0.25, 0.3) is 32.1 Å². The SMILES string of the molecule is CCCCc1c(-c2ccc(F)c3sc(N)c(C#N)c23)c(F)c2nc(OC[C@@]34CCCN3CC(F)C4)nc3c2c1O[C@@H](C)CN3[C@@H]1CCN(C(=O)n2cnc(F)n2)[C@@H]1C. The highest BCUT2D eigenvalue weighted by molar-refractivity contribution is 7.23. The normalized spacial score (nSPS) is 24.4. The van der Waals surface area contributed by atoms with E-state index in [1.165, 1.54) is 12.1 Å². The largest absolute Gasteiger partial charge is 0.488 e. The molecule has 5 aromatic rings. The molecule has 4 aliphatic heterocycles. The summed E-state index contributed by atoms with van der Waals surface area (Å²) in [5.41, 5.74) is 6.57. The Labute approximate surface area is 335 Å². The predicted octanol–water partition coefficient (Wildman–Crippen LogP) is 6.99. The molecule has 7 heterocycles. The lowest BCUT2D eigenvalue weighted by atomic mass is 9.89. The molecule has 0 saturated carbocycles. The van der Waals surface area contributed by atoms with Gasteiger partial charge in [-0.2, -0.15) is 29.3 Å². The van der Waals surface area contributed by atoms with Gasteiger partial charge in [0.2, 0.25) is 0 Å². The number of rotatable bonds is 8. The van der Waals surface area contributed by atoms with Crippen molar-refractivity contribution in [3.63, 3.8) is 0 Å². The van der Waals surface area contributed by atoms with E-state index in [1.807, 2.05) is 25.7 Å². The zero-order valence-electron chi connectivity index (χ0n) is 32.3. The second-order valence-electron chi connectivity index (χ2n) is 15.9. The topological polar surface area (TPSA) is 152 Å². The molecule has 0 bridgehead atoms. The molecule has 1 unspecified atom stereocenters. The van der Waals surface area contributed by atoms with E-state index in [0.29, 0.717) is 61.3 Å². The fourth-order valence-corrected chi connectivity index (χ4v) is 10.7. The number of alkyl halides is 1. The van der Waals surface area contributed by atoms with E-state index in [2.05, 4.69) is 21.1 Å². The van der Waals surface area contributed by atoms with Gasteiger partial charge in [-0.25, -0.2) is 18.0 Å². The Morgan fingerprint density at radius 1 is 1.17 bits per heavy atom. The minimum Gasteiger partial charge on any atom is -0.488 e. The smallest absolute Gasteiger partial charge is 0.346 e. The van der Waals surface area contributed by atoms with E-state index in [-0.39, 0.29) is 62.5 Å². The lowest BCUT2D eigenvalue weighted by molar-refractivity contribution is 0.107. The molecule has 4 aliphatic rings. The maximum absolute atomic E-state index is 18.0. The average Bonchev–Trinajstić information content (AvgIpc) is 4.01. The van der Waals surface area contributed by atoms with E-state index in [9.17, 15) is 18.8 Å². The van der Waals surface area contributed by atoms with Gasteiger partial charge in [0.05, 0.1) is 39.8 Å². The molecule has 0 spiro atoms. The lowest BCUT2D eigenvalue weighted by Gasteiger charge is -2.35. The number of nitriles is 1. The van der Waals surface area contributed by atoms with Gasteiger partial charge in [0, 0.05) is 36.0 Å². The zero-order valence-corrected chi connectivity index (χ0v) is 33.1. The highest BCUT2D eigenvalue weighted by Crippen LogP contribution is 2.50. The van der Waals surface area contributed by atoms with E-state index >= 15 is 8.78 Å². The Kier molecular flexibility index (Phi) is 9.58. The number of anilines is 2. The molecule has 1 amide bonds. The second kappa shape index (κ2) is 14.5. The molecule has 58 heavy (non-hydrogen) atoms. The maximum Gasteiger partial charge on any atom is 0.346 e. The Balaban J connectivity index is 1.25. The van der Waals surface area contributed by atoms with Crippen LogP contribution in [0.4, 0.5) is 33.2 Å². The summed E-state index contributed by atoms with van der Waals surface area (Å²) in [6.45, 7) is 7.55. The van der Waals surface area contributed by atoms with Crippen LogP contribution in [0, 0.1) is 29.0 Å². The van der Waals surface area contributed by atoms with Gasteiger partial charge >= 0.3 is 18.1 Å². The number of hydrogen-bond acceptors (Lipinski definition) is 12. The van der Waals surface area contributed by atoms with E-state index < -0.39 is 47.6 Å². The van der Waals surface area contributed by atoms with Gasteiger partial charge in [-0.1, -0.05) is 19.4 Å². The number of aromatic nitrogens is 5. The molecule has 304 valence electrons. The van der Waals surface area contributed by atoms with Gasteiger partial charge in [-0.15, -0.1) is 16.4 Å². The summed E-state index contributed by atoms with van der Waals surface area (Å²) in [5.74, 6) is -0.600. The molecule has 0 aliphatic carbocycles. The summed E-state index contributed by atoms with van der Waals surface area (Å²) in [6, 6.07) is 3.36. The number of unbranched alkanes of at least 4 members (excludes halogenated alkanes) is 1. The molecule has 2 N–H and O–H groups in total. The van der Waals surface area contributed by atoms with Crippen LogP contribution in [-0.4, -0.2) is 103 Å². The van der Waals surface area contributed by atoms with Crippen molar-refractivity contribution in [3.8, 4) is 29.0 Å². The Morgan fingerprint density at radius 3 is 2.76 bits per heavy atom. The number of hydrogen-bond donors (Lipinski definition) is 1. The number of fused-ring (bicyclic) bond motifs is 2. The fourth-order valence-electron chi connectivity index (χ4n) is 9.71. The molecule has 18 heteroatoms. The standard InChI is InChI=1S/C40H42F4N10O3S/c1-4-5-7-24-28(23-8-9-26(42)34-29(23)25(15-45)35(46)58-34)31(43)32-30-33(24)57-20(2)16-53(27-10-13-52(21(27)3)39(55)54-19-47-37(44)50-54)36(30)49-38(48-32)56-18-40-11-6-12-51(40)17-22(41)14-40/h8-9,19-22,27H,4-7,10-14,16-18,46H2,1-3H3/t20-,21+,22?,27+,40-/m0/s1. The van der Waals surface area contributed by atoms with Crippen molar-refractivity contribution in [2.24, 2.45) is 0 Å². The minimum absolute atomic E-state index is 0.0558. The third-order valence-electron chi connectivity index (χ3n) is 12.4. The van der Waals surface area contributed by atoms with Crippen LogP contribution in [0.2, 0.25) is 0 Å². The first-order chi connectivity index (χ1) is 27.9. The van der Waals surface area contributed by atoms with Crippen LogP contribution < -0.4 is 20.1 Å². The van der Waals surface area contributed by atoms with Crippen LogP contribution in [0.5, 0.6) is 11.8 Å². The van der Waals surface area contributed by atoms with Crippen LogP contribution >= 0.6 is 11.3 Å². The van der Waals surface area contributed by atoms with Gasteiger partial charge in [0.25, 0.3) is 0 Å². The first-order valence-electron chi connectivity index (χ1n) is 19.7. The van der Waals surface area contributed by atoms with Crippen molar-refractivity contribution < 1.29 is 31.8 Å². The monoisotopic (exact) mass is 818 g/mol. The van der Waals surface area contributed by atoms with E-state index in [4.69, 9.17) is 25.2 Å². The molecule has 3 saturated heterocycles. The fraction of sp³-hybridized carbons (Fsp3) is 0.500. The maximum atomic E-state index is 18.0. The minimum atomic E-state index is -1.02. The number of nitrogens with two attached hydrogens (primary N) is 1. The number of nitrogens with zero attached hydrogens (tertiary/aromatic N) is 9. The van der Waals surface area contributed by atoms with Crippen molar-refractivity contribution in [1.29, 1.82) is 5.26 Å². The van der Waals surface area contributed by atoms with Gasteiger partial charge in [0.1, 0.15) is 59.2 Å². The summed E-state index contributed by atoms with van der Waals surface area (Å²) in [4.78, 5) is 32.5. The number of halogens is 4. The van der Waals surface area contributed by atoms with Crippen molar-refractivity contribution in [2.75, 3.05) is 43.4 Å². The molecule has 3 aromatic heterocycles. The van der Waals surface area contributed by atoms with Crippen molar-refractivity contribution >= 4 is 49.2 Å². The summed E-state index contributed by atoms with van der Waals surface area (Å²) < 4.78 is 76.2. The quantitative estimate of drug-likeness (QED) is 0.161. The van der Waals surface area contributed by atoms with Crippen LogP contribution in [-0.2, 0) is 6.42 Å². The second-order valence-corrected chi connectivity index (χ2v) is 16.9. The molecular formula is C40H42F4N10O3S. The predicted molar refractivity (Wildman–Crippen MR) is 209 cm³/mol. The summed E-state index contributed by atoms with van der Waals surface area (Å²) in [5, 5.41) is 14.4. The van der Waals surface area contributed by atoms with Crippen LogP contribution in [0.15, 0.2) is 18.5 Å². The van der Waals surface area contributed by atoms with Crippen LogP contribution in [0.3, 0.4) is 0 Å². The number of thiophene rings is 1. The Bertz CT molecular complexity index is 2510. The summed E-state index contributed by atoms with van der Waals surface area (Å²) in [7, 11) is 0. The number of ether oxygens (including phenoxy) is 2. The number of benzene rings is 2. The first kappa shape index (κ1) is 38.2. The van der Waals surface area contributed by atoms with Gasteiger partial charge in [0.15, 0.2) is 5.82 Å². The molecular weight excluding hydrogens is 777 g/mol. The number of likely N-dealkylation sites (tertiary alicyclic amines) is 1. The molecule has 0 radical (unpaired) electrons. The summed E-state index contributed by atoms with van der Waals surface area (Å²) >= 11 is 0.932. The highest BCUT2D eigenvalue weighted by atomic mass is 32.1. The van der Waals surface area contributed by atoms with E-state index in [0.717, 1.165) is 48.2 Å². The average molecular weight is 819 g/mol. The molecule has 2 aromatic carbocycles. The van der Waals surface area contributed by atoms with E-state index in [1.54, 1.807) is 4.90 Å². The van der Waals surface area contributed by atoms with Crippen molar-refractivity contribution in [3.05, 3.63) is 47.3 Å². The van der Waals surface area contributed by atoms with Crippen molar-refractivity contribution in [1.82, 2.24) is 34.5 Å². The van der Waals surface area contributed by atoms with Gasteiger partial charge in [-0.05, 0) is 64.1 Å². The van der Waals surface area contributed by atoms with Gasteiger partial charge < -0.3 is 25.0 Å².